The molecule has 1 atom stereocenters. The van der Waals surface area contributed by atoms with Crippen molar-refractivity contribution in [3.8, 4) is 0 Å². The minimum Gasteiger partial charge on any atom is -0.466 e. The summed E-state index contributed by atoms with van der Waals surface area (Å²) in [7, 11) is -1.06. The Kier molecular flexibility index (Phi) is 5.13. The van der Waals surface area contributed by atoms with Crippen LogP contribution in [0.5, 0.6) is 0 Å². The summed E-state index contributed by atoms with van der Waals surface area (Å²) < 4.78 is 22.5. The standard InChI is InChI=1S/C5H7O7P/c1-10-4(6)3(5(7)11-2)12-13(8)9/h3H,1-2H3/p+1. The maximum atomic E-state index is 10.8. The molecule has 0 heterocycles. The first-order valence-electron chi connectivity index (χ1n) is 3.01. The van der Waals surface area contributed by atoms with E-state index in [9.17, 15) is 14.2 Å². The number of rotatable bonds is 4. The maximum absolute atomic E-state index is 10.8. The molecular formula is C5H8O7P+. The van der Waals surface area contributed by atoms with Gasteiger partial charge in [0.25, 0.3) is 0 Å². The van der Waals surface area contributed by atoms with Gasteiger partial charge in [0.1, 0.15) is 0 Å². The third kappa shape index (κ3) is 3.93. The molecule has 0 spiro atoms. The zero-order valence-corrected chi connectivity index (χ0v) is 7.82. The van der Waals surface area contributed by atoms with Crippen LogP contribution in [0.15, 0.2) is 0 Å². The van der Waals surface area contributed by atoms with E-state index in [0.717, 1.165) is 14.2 Å². The summed E-state index contributed by atoms with van der Waals surface area (Å²) >= 11 is 0. The van der Waals surface area contributed by atoms with Crippen LogP contribution < -0.4 is 0 Å². The summed E-state index contributed by atoms with van der Waals surface area (Å²) in [6.07, 6.45) is -1.82. The Bertz CT molecular complexity index is 209. The van der Waals surface area contributed by atoms with Crippen LogP contribution in [-0.2, 0) is 28.2 Å². The maximum Gasteiger partial charge on any atom is 0.696 e. The van der Waals surface area contributed by atoms with Crippen molar-refractivity contribution in [2.75, 3.05) is 14.2 Å². The van der Waals surface area contributed by atoms with Crippen molar-refractivity contribution in [2.24, 2.45) is 0 Å². The number of carbonyl (C=O) groups excluding carboxylic acids is 2. The van der Waals surface area contributed by atoms with Crippen LogP contribution in [-0.4, -0.2) is 37.2 Å². The Hall–Kier alpha value is -1.04. The Morgan fingerprint density at radius 2 is 1.62 bits per heavy atom. The second-order valence-electron chi connectivity index (χ2n) is 1.77. The van der Waals surface area contributed by atoms with Crippen molar-refractivity contribution in [1.82, 2.24) is 0 Å². The van der Waals surface area contributed by atoms with E-state index < -0.39 is 26.3 Å². The molecule has 0 aliphatic carbocycles. The predicted octanol–water partition coefficient (Wildman–Crippen LogP) is -0.633. The highest BCUT2D eigenvalue weighted by atomic mass is 31.1. The molecule has 0 aromatic carbocycles. The lowest BCUT2D eigenvalue weighted by atomic mass is 10.4. The van der Waals surface area contributed by atoms with Crippen molar-refractivity contribution < 1.29 is 33.0 Å². The summed E-state index contributed by atoms with van der Waals surface area (Å²) in [5.41, 5.74) is 0. The average Bonchev–Trinajstić information content (AvgIpc) is 2.11. The van der Waals surface area contributed by atoms with E-state index in [-0.39, 0.29) is 0 Å². The molecule has 0 aromatic heterocycles. The SMILES string of the molecule is COC(=O)C(O[P+](=O)O)C(=O)OC. The molecule has 0 aromatic rings. The van der Waals surface area contributed by atoms with Gasteiger partial charge in [-0.3, -0.25) is 0 Å². The van der Waals surface area contributed by atoms with Gasteiger partial charge in [-0.15, -0.1) is 4.89 Å². The van der Waals surface area contributed by atoms with Crippen molar-refractivity contribution in [1.29, 1.82) is 0 Å². The Morgan fingerprint density at radius 1 is 1.23 bits per heavy atom. The van der Waals surface area contributed by atoms with Crippen LogP contribution in [0.4, 0.5) is 0 Å². The molecule has 13 heavy (non-hydrogen) atoms. The third-order valence-corrected chi connectivity index (χ3v) is 1.42. The minimum atomic E-state index is -3.07. The van der Waals surface area contributed by atoms with Crippen LogP contribution in [0.2, 0.25) is 0 Å². The zero-order chi connectivity index (χ0) is 10.4. The van der Waals surface area contributed by atoms with Gasteiger partial charge in [0, 0.05) is 4.57 Å². The highest BCUT2D eigenvalue weighted by Crippen LogP contribution is 2.19. The Labute approximate surface area is 74.5 Å². The number of ether oxygens (including phenoxy) is 2. The van der Waals surface area contributed by atoms with Crippen molar-refractivity contribution >= 4 is 20.2 Å². The number of carbonyl (C=O) groups is 2. The molecular weight excluding hydrogens is 203 g/mol. The molecule has 0 bridgehead atoms. The lowest BCUT2D eigenvalue weighted by Gasteiger charge is -2.04. The van der Waals surface area contributed by atoms with Crippen molar-refractivity contribution in [3.05, 3.63) is 0 Å². The first-order valence-corrected chi connectivity index (χ1v) is 4.14. The average molecular weight is 211 g/mol. The molecule has 0 aliphatic rings. The molecule has 8 heteroatoms. The predicted molar refractivity (Wildman–Crippen MR) is 38.7 cm³/mol. The minimum absolute atomic E-state index is 1.01. The topological polar surface area (TPSA) is 99.1 Å². The van der Waals surface area contributed by atoms with Gasteiger partial charge in [-0.05, 0) is 0 Å². The zero-order valence-electron chi connectivity index (χ0n) is 6.92. The molecule has 0 radical (unpaired) electrons. The molecule has 0 aliphatic heterocycles. The third-order valence-electron chi connectivity index (χ3n) is 1.03. The Balaban J connectivity index is 4.45. The second kappa shape index (κ2) is 5.58. The van der Waals surface area contributed by atoms with E-state index in [1.807, 2.05) is 0 Å². The van der Waals surface area contributed by atoms with Gasteiger partial charge in [-0.25, -0.2) is 9.59 Å². The molecule has 1 unspecified atom stereocenters. The van der Waals surface area contributed by atoms with Crippen LogP contribution in [0, 0.1) is 0 Å². The van der Waals surface area contributed by atoms with Gasteiger partial charge in [0.15, 0.2) is 0 Å². The molecule has 0 rings (SSSR count). The molecule has 0 saturated carbocycles. The van der Waals surface area contributed by atoms with Gasteiger partial charge in [-0.2, -0.15) is 0 Å². The summed E-state index contributed by atoms with van der Waals surface area (Å²) in [5.74, 6) is -2.19. The fourth-order valence-corrected chi connectivity index (χ4v) is 0.839. The van der Waals surface area contributed by atoms with Crippen LogP contribution in [0.3, 0.4) is 0 Å². The second-order valence-corrected chi connectivity index (χ2v) is 2.46. The van der Waals surface area contributed by atoms with E-state index in [2.05, 4.69) is 14.0 Å². The van der Waals surface area contributed by atoms with Gasteiger partial charge in [-0.1, -0.05) is 4.52 Å². The molecule has 1 N–H and O–H groups in total. The smallest absolute Gasteiger partial charge is 0.466 e. The van der Waals surface area contributed by atoms with Gasteiger partial charge < -0.3 is 9.47 Å². The normalized spacial score (nSPS) is 10.9. The van der Waals surface area contributed by atoms with Crippen LogP contribution in [0.25, 0.3) is 0 Å². The number of esters is 2. The summed E-state index contributed by atoms with van der Waals surface area (Å²) in [4.78, 5) is 29.8. The largest absolute Gasteiger partial charge is 0.696 e. The van der Waals surface area contributed by atoms with Crippen molar-refractivity contribution in [2.45, 2.75) is 6.10 Å². The molecule has 0 saturated heterocycles. The number of hydrogen-bond donors (Lipinski definition) is 1. The monoisotopic (exact) mass is 211 g/mol. The van der Waals surface area contributed by atoms with Gasteiger partial charge in [0.2, 0.25) is 0 Å². The highest BCUT2D eigenvalue weighted by molar-refractivity contribution is 7.32. The van der Waals surface area contributed by atoms with Gasteiger partial charge >= 0.3 is 26.3 Å². The van der Waals surface area contributed by atoms with E-state index in [0.29, 0.717) is 0 Å². The summed E-state index contributed by atoms with van der Waals surface area (Å²) in [6.45, 7) is 0. The molecule has 74 valence electrons. The Morgan fingerprint density at radius 3 is 1.85 bits per heavy atom. The first kappa shape index (κ1) is 12.0. The molecule has 0 fully saturated rings. The number of hydrogen-bond acceptors (Lipinski definition) is 6. The fraction of sp³-hybridized carbons (Fsp3) is 0.600. The summed E-state index contributed by atoms with van der Waals surface area (Å²) in [6, 6.07) is 0. The highest BCUT2D eigenvalue weighted by Gasteiger charge is 2.38. The molecule has 7 nitrogen and oxygen atoms in total. The molecule has 0 amide bonds. The van der Waals surface area contributed by atoms with E-state index in [1.54, 1.807) is 0 Å². The first-order chi connectivity index (χ1) is 6.02. The lowest BCUT2D eigenvalue weighted by Crippen LogP contribution is -2.33. The summed E-state index contributed by atoms with van der Waals surface area (Å²) in [5, 5.41) is 0. The quantitative estimate of drug-likeness (QED) is 0.375. The van der Waals surface area contributed by atoms with Crippen LogP contribution >= 0.6 is 8.25 Å². The van der Waals surface area contributed by atoms with Crippen molar-refractivity contribution in [3.63, 3.8) is 0 Å². The van der Waals surface area contributed by atoms with Crippen LogP contribution in [0.1, 0.15) is 0 Å². The van der Waals surface area contributed by atoms with E-state index in [4.69, 9.17) is 4.89 Å². The van der Waals surface area contributed by atoms with E-state index >= 15 is 0 Å². The lowest BCUT2D eigenvalue weighted by molar-refractivity contribution is -0.163. The van der Waals surface area contributed by atoms with Gasteiger partial charge in [0.05, 0.1) is 14.2 Å². The number of methoxy groups -OCH3 is 2. The van der Waals surface area contributed by atoms with E-state index in [1.165, 1.54) is 0 Å². The fourth-order valence-electron chi connectivity index (χ4n) is 0.487.